The number of carbonyl (C=O) groups is 1. The molecule has 2 aromatic carbocycles. The molecule has 140 valence electrons. The van der Waals surface area contributed by atoms with E-state index in [2.05, 4.69) is 5.32 Å². The standard InChI is InChI=1S/C19H23FN2O3S/c1-4-22(5-2)26(24,25)18-13-16(11-10-14(18)3)21-19(23)12-15-8-6-7-9-17(15)20/h6-11,13H,4-5,12H2,1-3H3,(H,21,23). The van der Waals surface area contributed by atoms with Crippen LogP contribution in [0.4, 0.5) is 10.1 Å². The van der Waals surface area contributed by atoms with Crippen LogP contribution in [0.1, 0.15) is 25.0 Å². The van der Waals surface area contributed by atoms with Gasteiger partial charge in [-0.15, -0.1) is 0 Å². The highest BCUT2D eigenvalue weighted by Gasteiger charge is 2.24. The van der Waals surface area contributed by atoms with Gasteiger partial charge in [-0.2, -0.15) is 4.31 Å². The molecule has 0 unspecified atom stereocenters. The molecular formula is C19H23FN2O3S. The summed E-state index contributed by atoms with van der Waals surface area (Å²) in [7, 11) is -3.63. The lowest BCUT2D eigenvalue weighted by molar-refractivity contribution is -0.115. The van der Waals surface area contributed by atoms with Crippen LogP contribution >= 0.6 is 0 Å². The second kappa shape index (κ2) is 8.42. The molecule has 0 spiro atoms. The summed E-state index contributed by atoms with van der Waals surface area (Å²) in [5.41, 5.74) is 1.25. The maximum absolute atomic E-state index is 13.7. The minimum absolute atomic E-state index is 0.126. The predicted molar refractivity (Wildman–Crippen MR) is 100 cm³/mol. The van der Waals surface area contributed by atoms with E-state index in [-0.39, 0.29) is 16.9 Å². The molecule has 0 saturated heterocycles. The van der Waals surface area contributed by atoms with Crippen molar-refractivity contribution in [1.29, 1.82) is 0 Å². The lowest BCUT2D eigenvalue weighted by Gasteiger charge is -2.20. The summed E-state index contributed by atoms with van der Waals surface area (Å²) in [4.78, 5) is 12.3. The molecule has 2 aromatic rings. The Labute approximate surface area is 153 Å². The summed E-state index contributed by atoms with van der Waals surface area (Å²) >= 11 is 0. The van der Waals surface area contributed by atoms with Crippen LogP contribution in [0.5, 0.6) is 0 Å². The summed E-state index contributed by atoms with van der Waals surface area (Å²) in [5.74, 6) is -0.860. The van der Waals surface area contributed by atoms with Crippen molar-refractivity contribution in [2.24, 2.45) is 0 Å². The van der Waals surface area contributed by atoms with E-state index in [1.165, 1.54) is 16.4 Å². The molecule has 1 N–H and O–H groups in total. The predicted octanol–water partition coefficient (Wildman–Crippen LogP) is 3.35. The normalized spacial score (nSPS) is 11.6. The van der Waals surface area contributed by atoms with Gasteiger partial charge in [0.05, 0.1) is 11.3 Å². The van der Waals surface area contributed by atoms with Crippen LogP contribution in [0, 0.1) is 12.7 Å². The van der Waals surface area contributed by atoms with E-state index in [4.69, 9.17) is 0 Å². The van der Waals surface area contributed by atoms with Crippen LogP contribution in [-0.4, -0.2) is 31.7 Å². The van der Waals surface area contributed by atoms with E-state index >= 15 is 0 Å². The first-order chi connectivity index (χ1) is 12.3. The third kappa shape index (κ3) is 4.47. The third-order valence-corrected chi connectivity index (χ3v) is 6.30. The van der Waals surface area contributed by atoms with Crippen molar-refractivity contribution in [3.05, 3.63) is 59.4 Å². The number of carbonyl (C=O) groups excluding carboxylic acids is 1. The Kier molecular flexibility index (Phi) is 6.50. The van der Waals surface area contributed by atoms with Crippen molar-refractivity contribution in [1.82, 2.24) is 4.31 Å². The Morgan fingerprint density at radius 1 is 1.12 bits per heavy atom. The average Bonchev–Trinajstić information content (AvgIpc) is 2.59. The van der Waals surface area contributed by atoms with Gasteiger partial charge in [-0.3, -0.25) is 4.79 Å². The minimum Gasteiger partial charge on any atom is -0.326 e. The molecule has 0 aliphatic rings. The molecule has 2 rings (SSSR count). The van der Waals surface area contributed by atoms with Crippen molar-refractivity contribution in [2.45, 2.75) is 32.1 Å². The first kappa shape index (κ1) is 20.1. The van der Waals surface area contributed by atoms with Gasteiger partial charge >= 0.3 is 0 Å². The highest BCUT2D eigenvalue weighted by Crippen LogP contribution is 2.24. The molecular weight excluding hydrogens is 355 g/mol. The molecule has 0 aliphatic heterocycles. The lowest BCUT2D eigenvalue weighted by atomic mass is 10.1. The fourth-order valence-corrected chi connectivity index (χ4v) is 4.39. The molecule has 5 nitrogen and oxygen atoms in total. The molecule has 0 saturated carbocycles. The number of amides is 1. The van der Waals surface area contributed by atoms with Crippen molar-refractivity contribution in [3.63, 3.8) is 0 Å². The van der Waals surface area contributed by atoms with E-state index in [1.54, 1.807) is 51.1 Å². The van der Waals surface area contributed by atoms with Gasteiger partial charge in [0.1, 0.15) is 5.82 Å². The van der Waals surface area contributed by atoms with Crippen molar-refractivity contribution in [3.8, 4) is 0 Å². The third-order valence-electron chi connectivity index (χ3n) is 4.10. The van der Waals surface area contributed by atoms with E-state index in [0.29, 0.717) is 24.3 Å². The first-order valence-electron chi connectivity index (χ1n) is 8.43. The van der Waals surface area contributed by atoms with Gasteiger partial charge in [-0.05, 0) is 36.2 Å². The van der Waals surface area contributed by atoms with Gasteiger partial charge in [0.2, 0.25) is 15.9 Å². The second-order valence-corrected chi connectivity index (χ2v) is 7.79. The molecule has 26 heavy (non-hydrogen) atoms. The molecule has 1 amide bonds. The Morgan fingerprint density at radius 3 is 2.38 bits per heavy atom. The molecule has 0 radical (unpaired) electrons. The van der Waals surface area contributed by atoms with Gasteiger partial charge in [-0.1, -0.05) is 38.1 Å². The largest absolute Gasteiger partial charge is 0.326 e. The van der Waals surface area contributed by atoms with E-state index in [9.17, 15) is 17.6 Å². The maximum Gasteiger partial charge on any atom is 0.243 e. The number of sulfonamides is 1. The van der Waals surface area contributed by atoms with Crippen molar-refractivity contribution < 1.29 is 17.6 Å². The molecule has 0 bridgehead atoms. The van der Waals surface area contributed by atoms with Gasteiger partial charge in [0.15, 0.2) is 0 Å². The Morgan fingerprint density at radius 2 is 1.77 bits per heavy atom. The summed E-state index contributed by atoms with van der Waals surface area (Å²) in [6.45, 7) is 5.98. The number of rotatable bonds is 7. The number of aryl methyl sites for hydroxylation is 1. The van der Waals surface area contributed by atoms with E-state index in [0.717, 1.165) is 0 Å². The molecule has 0 atom stereocenters. The molecule has 0 heterocycles. The lowest BCUT2D eigenvalue weighted by Crippen LogP contribution is -2.31. The first-order valence-corrected chi connectivity index (χ1v) is 9.87. The van der Waals surface area contributed by atoms with Crippen molar-refractivity contribution in [2.75, 3.05) is 18.4 Å². The van der Waals surface area contributed by atoms with Crippen LogP contribution in [0.2, 0.25) is 0 Å². The summed E-state index contributed by atoms with van der Waals surface area (Å²) in [6, 6.07) is 10.8. The molecule has 0 aromatic heterocycles. The number of halogens is 1. The second-order valence-electron chi connectivity index (χ2n) is 5.89. The van der Waals surface area contributed by atoms with E-state index in [1.807, 2.05) is 0 Å². The number of nitrogens with zero attached hydrogens (tertiary/aromatic N) is 1. The zero-order valence-corrected chi connectivity index (χ0v) is 15.9. The Hall–Kier alpha value is -2.25. The Bertz CT molecular complexity index is 893. The summed E-state index contributed by atoms with van der Waals surface area (Å²) in [6.07, 6.45) is -0.126. The van der Waals surface area contributed by atoms with Crippen LogP contribution in [0.25, 0.3) is 0 Å². The minimum atomic E-state index is -3.63. The van der Waals surface area contributed by atoms with Crippen LogP contribution < -0.4 is 5.32 Å². The highest BCUT2D eigenvalue weighted by molar-refractivity contribution is 7.89. The zero-order chi connectivity index (χ0) is 19.3. The topological polar surface area (TPSA) is 66.5 Å². The number of anilines is 1. The Balaban J connectivity index is 2.24. The van der Waals surface area contributed by atoms with Gasteiger partial charge in [-0.25, -0.2) is 12.8 Å². The quantitative estimate of drug-likeness (QED) is 0.803. The van der Waals surface area contributed by atoms with Gasteiger partial charge < -0.3 is 5.32 Å². The maximum atomic E-state index is 13.7. The number of benzene rings is 2. The summed E-state index contributed by atoms with van der Waals surface area (Å²) < 4.78 is 40.5. The SMILES string of the molecule is CCN(CC)S(=O)(=O)c1cc(NC(=O)Cc2ccccc2F)ccc1C. The van der Waals surface area contributed by atoms with Gasteiger partial charge in [0, 0.05) is 18.8 Å². The van der Waals surface area contributed by atoms with Crippen molar-refractivity contribution >= 4 is 21.6 Å². The number of hydrogen-bond acceptors (Lipinski definition) is 3. The number of nitrogens with one attached hydrogen (secondary N) is 1. The van der Waals surface area contributed by atoms with E-state index < -0.39 is 21.7 Å². The molecule has 7 heteroatoms. The van der Waals surface area contributed by atoms with Gasteiger partial charge in [0.25, 0.3) is 0 Å². The summed E-state index contributed by atoms with van der Waals surface area (Å²) in [5, 5.41) is 2.64. The average molecular weight is 378 g/mol. The zero-order valence-electron chi connectivity index (χ0n) is 15.1. The van der Waals surface area contributed by atoms with Crippen LogP contribution in [-0.2, 0) is 21.2 Å². The number of hydrogen-bond donors (Lipinski definition) is 1. The van der Waals surface area contributed by atoms with Crippen LogP contribution in [0.3, 0.4) is 0 Å². The fourth-order valence-electron chi connectivity index (χ4n) is 2.68. The fraction of sp³-hybridized carbons (Fsp3) is 0.316. The smallest absolute Gasteiger partial charge is 0.243 e. The molecule has 0 fully saturated rings. The highest BCUT2D eigenvalue weighted by atomic mass is 32.2. The molecule has 0 aliphatic carbocycles. The van der Waals surface area contributed by atoms with Crippen LogP contribution in [0.15, 0.2) is 47.4 Å². The monoisotopic (exact) mass is 378 g/mol.